The third-order valence-corrected chi connectivity index (χ3v) is 5.90. The Kier molecular flexibility index (Phi) is 5.74. The largest absolute Gasteiger partial charge is 0.497 e. The van der Waals surface area contributed by atoms with Crippen LogP contribution in [0.15, 0.2) is 66.7 Å². The van der Waals surface area contributed by atoms with Gasteiger partial charge in [0.1, 0.15) is 10.8 Å². The zero-order valence-corrected chi connectivity index (χ0v) is 18.1. The van der Waals surface area contributed by atoms with Gasteiger partial charge in [0.15, 0.2) is 5.11 Å². The number of carbonyl (C=O) groups is 1. The Morgan fingerprint density at radius 1 is 1.07 bits per heavy atom. The topological polar surface area (TPSA) is 63.2 Å². The number of ether oxygens (including phenoxy) is 1. The number of fused-ring (bicyclic) bond motifs is 1. The van der Waals surface area contributed by atoms with Gasteiger partial charge in [-0.3, -0.25) is 10.1 Å². The number of anilines is 1. The maximum Gasteiger partial charge on any atom is 0.257 e. The van der Waals surface area contributed by atoms with E-state index >= 15 is 0 Å². The number of carbonyl (C=O) groups excluding carboxylic acids is 1. The summed E-state index contributed by atoms with van der Waals surface area (Å²) >= 11 is 7.00. The summed E-state index contributed by atoms with van der Waals surface area (Å²) in [6.07, 6.45) is 0. The van der Waals surface area contributed by atoms with E-state index in [1.165, 1.54) is 0 Å². The molecule has 0 saturated carbocycles. The molecule has 150 valence electrons. The van der Waals surface area contributed by atoms with Crippen LogP contribution in [-0.4, -0.2) is 23.1 Å². The lowest BCUT2D eigenvalue weighted by Gasteiger charge is -2.13. The number of rotatable bonds is 4. The summed E-state index contributed by atoms with van der Waals surface area (Å²) in [7, 11) is 1.58. The average molecular weight is 434 g/mol. The molecule has 2 N–H and O–H groups in total. The molecule has 7 heteroatoms. The molecule has 0 aliphatic rings. The van der Waals surface area contributed by atoms with Crippen LogP contribution >= 0.6 is 23.6 Å². The van der Waals surface area contributed by atoms with Crippen molar-refractivity contribution in [1.82, 2.24) is 10.3 Å². The highest BCUT2D eigenvalue weighted by atomic mass is 32.1. The van der Waals surface area contributed by atoms with Gasteiger partial charge in [-0.15, -0.1) is 11.3 Å². The number of nitrogens with zero attached hydrogens (tertiary/aromatic N) is 1. The molecule has 0 aliphatic heterocycles. The van der Waals surface area contributed by atoms with E-state index in [0.29, 0.717) is 11.3 Å². The molecule has 1 aromatic heterocycles. The van der Waals surface area contributed by atoms with Crippen molar-refractivity contribution in [3.05, 3.63) is 77.9 Å². The maximum absolute atomic E-state index is 12.4. The molecule has 0 saturated heterocycles. The molecule has 0 spiro atoms. The summed E-state index contributed by atoms with van der Waals surface area (Å²) in [5.41, 5.74) is 4.32. The molecule has 0 atom stereocenters. The van der Waals surface area contributed by atoms with E-state index in [2.05, 4.69) is 16.7 Å². The monoisotopic (exact) mass is 433 g/mol. The molecule has 3 aromatic carbocycles. The van der Waals surface area contributed by atoms with Crippen molar-refractivity contribution in [3.8, 4) is 16.3 Å². The Morgan fingerprint density at radius 3 is 2.57 bits per heavy atom. The summed E-state index contributed by atoms with van der Waals surface area (Å²) in [4.78, 5) is 17.1. The molecule has 0 fully saturated rings. The minimum Gasteiger partial charge on any atom is -0.497 e. The summed E-state index contributed by atoms with van der Waals surface area (Å²) in [5.74, 6) is 0.407. The molecule has 0 unspecified atom stereocenters. The van der Waals surface area contributed by atoms with Gasteiger partial charge in [0, 0.05) is 16.8 Å². The maximum atomic E-state index is 12.4. The number of hydrogen-bond acceptors (Lipinski definition) is 5. The van der Waals surface area contributed by atoms with Crippen molar-refractivity contribution >= 4 is 50.5 Å². The van der Waals surface area contributed by atoms with Gasteiger partial charge in [0.25, 0.3) is 5.91 Å². The second-order valence-corrected chi connectivity index (χ2v) is 8.09. The van der Waals surface area contributed by atoms with E-state index in [1.807, 2.05) is 43.3 Å². The van der Waals surface area contributed by atoms with Crippen molar-refractivity contribution in [2.75, 3.05) is 12.4 Å². The third kappa shape index (κ3) is 4.32. The molecule has 1 heterocycles. The molecule has 0 bridgehead atoms. The van der Waals surface area contributed by atoms with Gasteiger partial charge >= 0.3 is 0 Å². The number of nitrogens with one attached hydrogen (secondary N) is 2. The lowest BCUT2D eigenvalue weighted by molar-refractivity contribution is 0.0977. The lowest BCUT2D eigenvalue weighted by Crippen LogP contribution is -2.34. The highest BCUT2D eigenvalue weighted by molar-refractivity contribution is 7.80. The van der Waals surface area contributed by atoms with Gasteiger partial charge in [0.05, 0.1) is 17.3 Å². The van der Waals surface area contributed by atoms with Gasteiger partial charge in [-0.2, -0.15) is 0 Å². The Labute approximate surface area is 183 Å². The quantitative estimate of drug-likeness (QED) is 0.422. The van der Waals surface area contributed by atoms with Crippen molar-refractivity contribution in [3.63, 3.8) is 0 Å². The zero-order chi connectivity index (χ0) is 21.1. The Hall–Kier alpha value is -3.29. The van der Waals surface area contributed by atoms with Crippen LogP contribution in [0.25, 0.3) is 20.8 Å². The predicted octanol–water partition coefficient (Wildman–Crippen LogP) is 5.41. The van der Waals surface area contributed by atoms with E-state index in [9.17, 15) is 4.79 Å². The fourth-order valence-corrected chi connectivity index (χ4v) is 4.12. The minimum absolute atomic E-state index is 0.236. The first-order valence-corrected chi connectivity index (χ1v) is 10.5. The zero-order valence-electron chi connectivity index (χ0n) is 16.4. The summed E-state index contributed by atoms with van der Waals surface area (Å²) in [5, 5.41) is 7.02. The molecular weight excluding hydrogens is 414 g/mol. The van der Waals surface area contributed by atoms with Crippen molar-refractivity contribution in [2.45, 2.75) is 6.92 Å². The van der Waals surface area contributed by atoms with Gasteiger partial charge in [-0.25, -0.2) is 4.98 Å². The second-order valence-electron chi connectivity index (χ2n) is 6.65. The molecule has 4 aromatic rings. The number of hydrogen-bond donors (Lipinski definition) is 2. The number of thiazole rings is 1. The molecule has 1 amide bonds. The highest BCUT2D eigenvalue weighted by Gasteiger charge is 2.11. The highest BCUT2D eigenvalue weighted by Crippen LogP contribution is 2.32. The summed E-state index contributed by atoms with van der Waals surface area (Å²) in [6.45, 7) is 1.98. The molecule has 0 aliphatic carbocycles. The SMILES string of the molecule is COc1ccc(C(=O)NC(=S)Nc2cc(-c3nc4ccccc4s3)ccc2C)cc1. The number of amides is 1. The molecule has 4 rings (SSSR count). The smallest absolute Gasteiger partial charge is 0.257 e. The van der Waals surface area contributed by atoms with E-state index in [-0.39, 0.29) is 11.0 Å². The number of methoxy groups -OCH3 is 1. The van der Waals surface area contributed by atoms with Gasteiger partial charge in [-0.1, -0.05) is 24.3 Å². The van der Waals surface area contributed by atoms with E-state index < -0.39 is 0 Å². The number of benzene rings is 3. The van der Waals surface area contributed by atoms with Gasteiger partial charge < -0.3 is 10.1 Å². The van der Waals surface area contributed by atoms with E-state index in [0.717, 1.165) is 32.0 Å². The Bertz CT molecular complexity index is 1200. The fraction of sp³-hybridized carbons (Fsp3) is 0.0870. The van der Waals surface area contributed by atoms with E-state index in [1.54, 1.807) is 42.7 Å². The van der Waals surface area contributed by atoms with Crippen LogP contribution in [0, 0.1) is 6.92 Å². The summed E-state index contributed by atoms with van der Waals surface area (Å²) < 4.78 is 6.26. The average Bonchev–Trinajstić information content (AvgIpc) is 3.19. The van der Waals surface area contributed by atoms with Crippen LogP contribution in [0.1, 0.15) is 15.9 Å². The normalized spacial score (nSPS) is 10.6. The fourth-order valence-electron chi connectivity index (χ4n) is 2.96. The number of aryl methyl sites for hydroxylation is 1. The third-order valence-electron chi connectivity index (χ3n) is 4.61. The van der Waals surface area contributed by atoms with Crippen LogP contribution in [-0.2, 0) is 0 Å². The van der Waals surface area contributed by atoms with Crippen LogP contribution < -0.4 is 15.4 Å². The molecule has 30 heavy (non-hydrogen) atoms. The second kappa shape index (κ2) is 8.61. The predicted molar refractivity (Wildman–Crippen MR) is 126 cm³/mol. The van der Waals surface area contributed by atoms with Gasteiger partial charge in [-0.05, 0) is 67.2 Å². The number of para-hydroxylation sites is 1. The first-order valence-electron chi connectivity index (χ1n) is 9.26. The van der Waals surface area contributed by atoms with Crippen molar-refractivity contribution in [2.24, 2.45) is 0 Å². The van der Waals surface area contributed by atoms with Crippen LogP contribution in [0.2, 0.25) is 0 Å². The van der Waals surface area contributed by atoms with Crippen LogP contribution in [0.5, 0.6) is 5.75 Å². The van der Waals surface area contributed by atoms with Crippen LogP contribution in [0.4, 0.5) is 5.69 Å². The standard InChI is InChI=1S/C23H19N3O2S2/c1-14-7-8-16(22-24-18-5-3-4-6-20(18)30-22)13-19(14)25-23(29)26-21(27)15-9-11-17(28-2)12-10-15/h3-13H,1-2H3,(H2,25,26,27,29). The van der Waals surface area contributed by atoms with E-state index in [4.69, 9.17) is 21.9 Å². The first kappa shape index (κ1) is 20.0. The summed E-state index contributed by atoms with van der Waals surface area (Å²) in [6, 6.07) is 21.0. The first-order chi connectivity index (χ1) is 14.5. The van der Waals surface area contributed by atoms with Gasteiger partial charge in [0.2, 0.25) is 0 Å². The molecular formula is C23H19N3O2S2. The number of aromatic nitrogens is 1. The molecule has 0 radical (unpaired) electrons. The lowest BCUT2D eigenvalue weighted by atomic mass is 10.1. The Morgan fingerprint density at radius 2 is 1.83 bits per heavy atom. The Balaban J connectivity index is 1.50. The molecule has 5 nitrogen and oxygen atoms in total. The number of thiocarbonyl (C=S) groups is 1. The minimum atomic E-state index is -0.282. The van der Waals surface area contributed by atoms with Crippen molar-refractivity contribution < 1.29 is 9.53 Å². The van der Waals surface area contributed by atoms with Crippen molar-refractivity contribution in [1.29, 1.82) is 0 Å². The van der Waals surface area contributed by atoms with Crippen LogP contribution in [0.3, 0.4) is 0 Å².